The zero-order valence-electron chi connectivity index (χ0n) is 19.1. The van der Waals surface area contributed by atoms with Crippen molar-refractivity contribution in [1.82, 2.24) is 20.2 Å². The predicted molar refractivity (Wildman–Crippen MR) is 135 cm³/mol. The van der Waals surface area contributed by atoms with Gasteiger partial charge in [-0.05, 0) is 31.5 Å². The monoisotopic (exact) mass is 508 g/mol. The van der Waals surface area contributed by atoms with Gasteiger partial charge in [-0.25, -0.2) is 4.98 Å². The normalized spacial score (nSPS) is 16.0. The van der Waals surface area contributed by atoms with Gasteiger partial charge in [0.1, 0.15) is 17.6 Å². The number of ether oxygens (including phenoxy) is 2. The first-order valence-corrected chi connectivity index (χ1v) is 11.9. The third-order valence-electron chi connectivity index (χ3n) is 6.23. The molecule has 1 N–H and O–H groups in total. The van der Waals surface area contributed by atoms with Crippen LogP contribution in [0.2, 0.25) is 10.0 Å². The van der Waals surface area contributed by atoms with Gasteiger partial charge in [0.2, 0.25) is 0 Å². The topological polar surface area (TPSA) is 100.0 Å². The van der Waals surface area contributed by atoms with E-state index >= 15 is 0 Å². The molecule has 1 aromatic carbocycles. The van der Waals surface area contributed by atoms with Gasteiger partial charge >= 0.3 is 0 Å². The number of nitriles is 1. The lowest BCUT2D eigenvalue weighted by Gasteiger charge is -2.40. The number of fused-ring (bicyclic) bond motifs is 1. The van der Waals surface area contributed by atoms with Crippen LogP contribution in [0.4, 0.5) is 5.82 Å². The number of halogens is 2. The molecular formula is C25H22Cl2N6O2. The molecule has 1 aliphatic rings. The van der Waals surface area contributed by atoms with E-state index in [4.69, 9.17) is 37.9 Å². The summed E-state index contributed by atoms with van der Waals surface area (Å²) in [7, 11) is 1.58. The summed E-state index contributed by atoms with van der Waals surface area (Å²) < 4.78 is 11.8. The summed E-state index contributed by atoms with van der Waals surface area (Å²) in [5.41, 5.74) is 3.06. The van der Waals surface area contributed by atoms with Crippen LogP contribution in [0.15, 0.2) is 42.9 Å². The lowest BCUT2D eigenvalue weighted by molar-refractivity contribution is 0.216. The van der Waals surface area contributed by atoms with Crippen molar-refractivity contribution in [2.75, 3.05) is 18.6 Å². The van der Waals surface area contributed by atoms with E-state index in [1.54, 1.807) is 13.3 Å². The summed E-state index contributed by atoms with van der Waals surface area (Å²) in [6.07, 6.45) is 5.95. The maximum absolute atomic E-state index is 9.00. The molecule has 4 aromatic rings. The van der Waals surface area contributed by atoms with Crippen molar-refractivity contribution in [3.8, 4) is 28.8 Å². The first kappa shape index (κ1) is 23.2. The highest BCUT2D eigenvalue weighted by Gasteiger charge is 2.28. The molecule has 1 saturated heterocycles. The fraction of sp³-hybridized carbons (Fsp3) is 0.280. The van der Waals surface area contributed by atoms with Crippen LogP contribution in [0, 0.1) is 11.3 Å². The molecule has 0 radical (unpaired) electrons. The van der Waals surface area contributed by atoms with E-state index in [9.17, 15) is 0 Å². The molecule has 8 nitrogen and oxygen atoms in total. The number of aromatic amines is 1. The molecule has 1 fully saturated rings. The summed E-state index contributed by atoms with van der Waals surface area (Å²) in [5, 5.41) is 18.3. The van der Waals surface area contributed by atoms with Crippen molar-refractivity contribution in [1.29, 1.82) is 5.26 Å². The van der Waals surface area contributed by atoms with Crippen LogP contribution in [0.1, 0.15) is 31.4 Å². The third kappa shape index (κ3) is 4.33. The molecular weight excluding hydrogens is 487 g/mol. The van der Waals surface area contributed by atoms with E-state index in [0.29, 0.717) is 33.5 Å². The Hall–Kier alpha value is -3.54. The van der Waals surface area contributed by atoms with Gasteiger partial charge in [0.05, 0.1) is 35.2 Å². The number of anilines is 1. The second-order valence-corrected chi connectivity index (χ2v) is 9.12. The van der Waals surface area contributed by atoms with Gasteiger partial charge in [-0.15, -0.1) is 0 Å². The largest absolute Gasteiger partial charge is 0.493 e. The highest BCUT2D eigenvalue weighted by Crippen LogP contribution is 2.40. The van der Waals surface area contributed by atoms with Crippen LogP contribution >= 0.6 is 23.2 Å². The molecule has 2 atom stereocenters. The van der Waals surface area contributed by atoms with Crippen molar-refractivity contribution < 1.29 is 9.47 Å². The number of aromatic nitrogens is 4. The first-order chi connectivity index (χ1) is 17.0. The molecule has 5 rings (SSSR count). The number of rotatable bonds is 7. The lowest BCUT2D eigenvalue weighted by atomic mass is 10.0. The van der Waals surface area contributed by atoms with E-state index in [1.165, 1.54) is 12.4 Å². The molecule has 178 valence electrons. The maximum Gasteiger partial charge on any atom is 0.162 e. The smallest absolute Gasteiger partial charge is 0.162 e. The number of benzene rings is 1. The Kier molecular flexibility index (Phi) is 6.37. The van der Waals surface area contributed by atoms with Gasteiger partial charge < -0.3 is 14.4 Å². The zero-order chi connectivity index (χ0) is 24.5. The number of methoxy groups -OCH3 is 1. The highest BCUT2D eigenvalue weighted by atomic mass is 35.5. The SMILES string of the molecule is COc1cc2[nH]nc(-c3ccc(N4CC[C@H]4CC#N)nc3)c2cc1O[C@H](C)c1c(Cl)cncc1Cl. The van der Waals surface area contributed by atoms with Crippen LogP contribution < -0.4 is 14.4 Å². The van der Waals surface area contributed by atoms with Crippen molar-refractivity contribution in [3.63, 3.8) is 0 Å². The van der Waals surface area contributed by atoms with Gasteiger partial charge in [-0.1, -0.05) is 23.2 Å². The number of H-pyrrole nitrogens is 1. The number of hydrogen-bond donors (Lipinski definition) is 1. The molecule has 4 heterocycles. The molecule has 35 heavy (non-hydrogen) atoms. The zero-order valence-corrected chi connectivity index (χ0v) is 20.6. The van der Waals surface area contributed by atoms with E-state index in [-0.39, 0.29) is 6.04 Å². The Balaban J connectivity index is 1.46. The summed E-state index contributed by atoms with van der Waals surface area (Å²) in [6.45, 7) is 2.78. The number of hydrogen-bond acceptors (Lipinski definition) is 7. The minimum absolute atomic E-state index is 0.237. The highest BCUT2D eigenvalue weighted by molar-refractivity contribution is 6.35. The molecule has 0 bridgehead atoms. The summed E-state index contributed by atoms with van der Waals surface area (Å²) in [4.78, 5) is 10.8. The molecule has 0 amide bonds. The van der Waals surface area contributed by atoms with E-state index < -0.39 is 6.10 Å². The van der Waals surface area contributed by atoms with Crippen molar-refractivity contribution in [3.05, 3.63) is 58.5 Å². The van der Waals surface area contributed by atoms with Crippen molar-refractivity contribution >= 4 is 39.9 Å². The minimum Gasteiger partial charge on any atom is -0.493 e. The van der Waals surface area contributed by atoms with Gasteiger partial charge in [-0.3, -0.25) is 10.1 Å². The van der Waals surface area contributed by atoms with Crippen molar-refractivity contribution in [2.24, 2.45) is 0 Å². The fourth-order valence-corrected chi connectivity index (χ4v) is 4.98. The van der Waals surface area contributed by atoms with E-state index in [0.717, 1.165) is 40.9 Å². The van der Waals surface area contributed by atoms with Crippen molar-refractivity contribution in [2.45, 2.75) is 31.9 Å². The number of nitrogens with one attached hydrogen (secondary N) is 1. The molecule has 3 aromatic heterocycles. The Morgan fingerprint density at radius 3 is 2.63 bits per heavy atom. The Labute approximate surface area is 212 Å². The quantitative estimate of drug-likeness (QED) is 0.328. The lowest BCUT2D eigenvalue weighted by Crippen LogP contribution is -2.48. The van der Waals surface area contributed by atoms with Crippen LogP contribution in [0.25, 0.3) is 22.2 Å². The van der Waals surface area contributed by atoms with E-state index in [1.807, 2.05) is 31.2 Å². The Bertz CT molecular complexity index is 1400. The fourth-order valence-electron chi connectivity index (χ4n) is 4.31. The third-order valence-corrected chi connectivity index (χ3v) is 6.84. The molecule has 10 heteroatoms. The van der Waals surface area contributed by atoms with Gasteiger partial charge in [0.25, 0.3) is 0 Å². The van der Waals surface area contributed by atoms with Crippen LogP contribution in [-0.2, 0) is 0 Å². The summed E-state index contributed by atoms with van der Waals surface area (Å²) >= 11 is 12.6. The molecule has 1 aliphatic heterocycles. The van der Waals surface area contributed by atoms with Crippen LogP contribution in [0.3, 0.4) is 0 Å². The predicted octanol–water partition coefficient (Wildman–Crippen LogP) is 5.97. The molecule has 0 spiro atoms. The summed E-state index contributed by atoms with van der Waals surface area (Å²) in [6, 6.07) is 10.2. The molecule has 0 saturated carbocycles. The maximum atomic E-state index is 9.00. The number of pyridine rings is 2. The van der Waals surface area contributed by atoms with Crippen LogP contribution in [0.5, 0.6) is 11.5 Å². The van der Waals surface area contributed by atoms with Crippen LogP contribution in [-0.4, -0.2) is 39.9 Å². The average molecular weight is 509 g/mol. The molecule has 0 aliphatic carbocycles. The van der Waals surface area contributed by atoms with Gasteiger partial charge in [-0.2, -0.15) is 10.4 Å². The van der Waals surface area contributed by atoms with Gasteiger partial charge in [0.15, 0.2) is 11.5 Å². The Morgan fingerprint density at radius 1 is 1.20 bits per heavy atom. The summed E-state index contributed by atoms with van der Waals surface area (Å²) in [5.74, 6) is 1.95. The standard InChI is InChI=1S/C25H22Cl2N6O2/c1-14(24-18(26)12-29-13-19(24)27)35-22-9-17-20(10-21(22)34-2)31-32-25(17)15-3-4-23(30-11-15)33-8-6-16(33)5-7-28/h3-4,9-14,16H,5-6,8H2,1-2H3,(H,31,32)/t14-,16-/m1/s1. The second kappa shape index (κ2) is 9.61. The Morgan fingerprint density at radius 2 is 2.00 bits per heavy atom. The molecule has 0 unspecified atom stereocenters. The first-order valence-electron chi connectivity index (χ1n) is 11.1. The van der Waals surface area contributed by atoms with E-state index in [2.05, 4.69) is 31.1 Å². The minimum atomic E-state index is -0.446. The second-order valence-electron chi connectivity index (χ2n) is 8.30. The number of nitrogens with zero attached hydrogens (tertiary/aromatic N) is 5. The average Bonchev–Trinajstić information content (AvgIpc) is 3.24. The van der Waals surface area contributed by atoms with Gasteiger partial charge in [0, 0.05) is 53.8 Å².